The lowest BCUT2D eigenvalue weighted by Crippen LogP contribution is -2.17. The Kier molecular flexibility index (Phi) is 6.29. The number of aromatic amines is 1. The molecule has 126 valence electrons. The van der Waals surface area contributed by atoms with Crippen molar-refractivity contribution in [1.82, 2.24) is 14.9 Å². The van der Waals surface area contributed by atoms with Crippen LogP contribution in [0.5, 0.6) is 11.5 Å². The van der Waals surface area contributed by atoms with Gasteiger partial charge in [-0.25, -0.2) is 4.68 Å². The molecule has 1 aromatic heterocycles. The van der Waals surface area contributed by atoms with Crippen molar-refractivity contribution < 1.29 is 9.47 Å². The molecule has 1 heterocycles. The van der Waals surface area contributed by atoms with Crippen molar-refractivity contribution in [2.75, 3.05) is 19.1 Å². The highest BCUT2D eigenvalue weighted by atomic mass is 35.5. The molecule has 1 aromatic carbocycles. The van der Waals surface area contributed by atoms with Crippen LogP contribution in [0.25, 0.3) is 0 Å². The Bertz CT molecular complexity index is 714. The molecule has 0 fully saturated rings. The summed E-state index contributed by atoms with van der Waals surface area (Å²) in [4.78, 5) is 0. The van der Waals surface area contributed by atoms with Gasteiger partial charge in [-0.1, -0.05) is 25.4 Å². The van der Waals surface area contributed by atoms with Gasteiger partial charge in [0, 0.05) is 17.5 Å². The molecule has 0 radical (unpaired) electrons. The molecule has 0 saturated carbocycles. The van der Waals surface area contributed by atoms with Gasteiger partial charge in [-0.15, -0.1) is 0 Å². The smallest absolute Gasteiger partial charge is 0.214 e. The second-order valence-corrected chi connectivity index (χ2v) is 5.71. The predicted molar refractivity (Wildman–Crippen MR) is 93.6 cm³/mol. The molecule has 2 N–H and O–H groups in total. The Morgan fingerprint density at radius 2 is 2.13 bits per heavy atom. The van der Waals surface area contributed by atoms with Crippen LogP contribution < -0.4 is 14.9 Å². The quantitative estimate of drug-likeness (QED) is 0.706. The fourth-order valence-electron chi connectivity index (χ4n) is 2.09. The maximum Gasteiger partial charge on any atom is 0.214 e. The van der Waals surface area contributed by atoms with E-state index in [9.17, 15) is 0 Å². The van der Waals surface area contributed by atoms with E-state index >= 15 is 0 Å². The molecule has 0 unspecified atom stereocenters. The van der Waals surface area contributed by atoms with Gasteiger partial charge in [0.05, 0.1) is 20.3 Å². The minimum absolute atomic E-state index is 0.490. The van der Waals surface area contributed by atoms with Gasteiger partial charge in [-0.2, -0.15) is 5.10 Å². The van der Waals surface area contributed by atoms with Crippen LogP contribution in [-0.2, 0) is 13.0 Å². The maximum atomic E-state index is 6.36. The summed E-state index contributed by atoms with van der Waals surface area (Å²) in [6.45, 7) is 5.17. The number of H-pyrrole nitrogens is 1. The number of hydrogen-bond donors (Lipinski definition) is 2. The zero-order valence-corrected chi connectivity index (χ0v) is 15.1. The Balaban J connectivity index is 2.19. The van der Waals surface area contributed by atoms with Gasteiger partial charge in [0.1, 0.15) is 0 Å². The molecule has 8 heteroatoms. The van der Waals surface area contributed by atoms with Gasteiger partial charge < -0.3 is 14.9 Å². The maximum absolute atomic E-state index is 6.36. The third-order valence-electron chi connectivity index (χ3n) is 3.28. The number of nitrogens with one attached hydrogen (secondary N) is 2. The first-order chi connectivity index (χ1) is 11.1. The number of ether oxygens (including phenoxy) is 2. The summed E-state index contributed by atoms with van der Waals surface area (Å²) in [5.74, 6) is 2.14. The molecule has 0 aliphatic heterocycles. The Morgan fingerprint density at radius 1 is 1.35 bits per heavy atom. The van der Waals surface area contributed by atoms with Gasteiger partial charge >= 0.3 is 0 Å². The molecule has 2 aromatic rings. The molecular formula is C15H21ClN4O2S. The van der Waals surface area contributed by atoms with E-state index in [1.165, 1.54) is 0 Å². The molecule has 0 bridgehead atoms. The normalized spacial score (nSPS) is 10.6. The first-order valence-corrected chi connectivity index (χ1v) is 8.28. The summed E-state index contributed by atoms with van der Waals surface area (Å²) >= 11 is 11.6. The summed E-state index contributed by atoms with van der Waals surface area (Å²) in [6.07, 6.45) is 1.68. The van der Waals surface area contributed by atoms with Crippen LogP contribution in [0.4, 0.5) is 0 Å². The van der Waals surface area contributed by atoms with Crippen LogP contribution in [0.2, 0.25) is 5.02 Å². The summed E-state index contributed by atoms with van der Waals surface area (Å²) in [5.41, 5.74) is 4.11. The van der Waals surface area contributed by atoms with Crippen LogP contribution >= 0.6 is 23.8 Å². The minimum Gasteiger partial charge on any atom is -0.493 e. The number of aryl methyl sites for hydroxylation is 1. The van der Waals surface area contributed by atoms with E-state index in [4.69, 9.17) is 33.3 Å². The summed E-state index contributed by atoms with van der Waals surface area (Å²) in [5, 5.41) is 7.53. The summed E-state index contributed by atoms with van der Waals surface area (Å²) in [6, 6.07) is 3.65. The molecule has 0 amide bonds. The molecule has 23 heavy (non-hydrogen) atoms. The first kappa shape index (κ1) is 17.6. The Labute approximate surface area is 145 Å². The number of nitrogens with zero attached hydrogens (tertiary/aromatic N) is 2. The van der Waals surface area contributed by atoms with Gasteiger partial charge in [0.2, 0.25) is 4.77 Å². The molecule has 6 nitrogen and oxygen atoms in total. The summed E-state index contributed by atoms with van der Waals surface area (Å²) < 4.78 is 13.3. The number of rotatable bonds is 8. The molecule has 2 rings (SSSR count). The van der Waals surface area contributed by atoms with Crippen LogP contribution in [0.3, 0.4) is 0 Å². The molecule has 0 spiro atoms. The molecule has 0 aliphatic carbocycles. The van der Waals surface area contributed by atoms with Gasteiger partial charge in [-0.3, -0.25) is 5.10 Å². The second kappa shape index (κ2) is 8.21. The predicted octanol–water partition coefficient (Wildman–Crippen LogP) is 3.70. The highest BCUT2D eigenvalue weighted by Crippen LogP contribution is 2.33. The fourth-order valence-corrected chi connectivity index (χ4v) is 2.53. The Hall–Kier alpha value is -1.73. The monoisotopic (exact) mass is 356 g/mol. The molecule has 0 aliphatic rings. The van der Waals surface area contributed by atoms with Crippen molar-refractivity contribution in [2.45, 2.75) is 33.2 Å². The van der Waals surface area contributed by atoms with Gasteiger partial charge in [0.25, 0.3) is 0 Å². The van der Waals surface area contributed by atoms with Crippen molar-refractivity contribution >= 4 is 23.8 Å². The van der Waals surface area contributed by atoms with E-state index in [0.29, 0.717) is 34.4 Å². The first-order valence-electron chi connectivity index (χ1n) is 7.50. The van der Waals surface area contributed by atoms with Crippen LogP contribution in [0, 0.1) is 4.77 Å². The standard InChI is InChI=1S/C15H21ClN4O2S/c1-4-6-22-13-8-11(16)10(7-12(13)21-3)9-17-20-14(5-2)18-19-15(20)23/h7-8,17H,4-6,9H2,1-3H3,(H,19,23). The van der Waals surface area contributed by atoms with Crippen molar-refractivity contribution in [2.24, 2.45) is 0 Å². The highest BCUT2D eigenvalue weighted by molar-refractivity contribution is 7.71. The zero-order chi connectivity index (χ0) is 16.8. The number of aromatic nitrogens is 3. The lowest BCUT2D eigenvalue weighted by atomic mass is 10.2. The molecule has 0 saturated heterocycles. The van der Waals surface area contributed by atoms with Crippen LogP contribution in [0.1, 0.15) is 31.7 Å². The number of benzene rings is 1. The van der Waals surface area contributed by atoms with E-state index in [2.05, 4.69) is 15.6 Å². The molecular weight excluding hydrogens is 336 g/mol. The van der Waals surface area contributed by atoms with Gasteiger partial charge in [0.15, 0.2) is 17.3 Å². The van der Waals surface area contributed by atoms with Crippen LogP contribution in [-0.4, -0.2) is 28.6 Å². The number of methoxy groups -OCH3 is 1. The second-order valence-electron chi connectivity index (χ2n) is 4.91. The third-order valence-corrected chi connectivity index (χ3v) is 3.91. The minimum atomic E-state index is 0.490. The average Bonchev–Trinajstić information content (AvgIpc) is 2.91. The van der Waals surface area contributed by atoms with Crippen molar-refractivity contribution in [3.8, 4) is 11.5 Å². The van der Waals surface area contributed by atoms with E-state index < -0.39 is 0 Å². The van der Waals surface area contributed by atoms with E-state index in [1.54, 1.807) is 17.9 Å². The summed E-state index contributed by atoms with van der Waals surface area (Å²) in [7, 11) is 1.61. The lowest BCUT2D eigenvalue weighted by molar-refractivity contribution is 0.294. The number of halogens is 1. The zero-order valence-electron chi connectivity index (χ0n) is 13.5. The third kappa shape index (κ3) is 4.17. The number of hydrogen-bond acceptors (Lipinski definition) is 5. The average molecular weight is 357 g/mol. The Morgan fingerprint density at radius 3 is 2.78 bits per heavy atom. The fraction of sp³-hybridized carbons (Fsp3) is 0.467. The van der Waals surface area contributed by atoms with E-state index in [-0.39, 0.29) is 0 Å². The van der Waals surface area contributed by atoms with Crippen molar-refractivity contribution in [3.63, 3.8) is 0 Å². The van der Waals surface area contributed by atoms with Crippen molar-refractivity contribution in [1.29, 1.82) is 0 Å². The largest absolute Gasteiger partial charge is 0.493 e. The van der Waals surface area contributed by atoms with Gasteiger partial charge in [-0.05, 0) is 30.3 Å². The van der Waals surface area contributed by atoms with E-state index in [1.807, 2.05) is 19.9 Å². The lowest BCUT2D eigenvalue weighted by Gasteiger charge is -2.15. The van der Waals surface area contributed by atoms with Crippen LogP contribution in [0.15, 0.2) is 12.1 Å². The van der Waals surface area contributed by atoms with Crippen molar-refractivity contribution in [3.05, 3.63) is 33.3 Å². The SMILES string of the molecule is CCCOc1cc(Cl)c(CNn2c(CC)n[nH]c2=S)cc1OC. The molecule has 0 atom stereocenters. The topological polar surface area (TPSA) is 64.1 Å². The highest BCUT2D eigenvalue weighted by Gasteiger charge is 2.11. The van der Waals surface area contributed by atoms with E-state index in [0.717, 1.165) is 24.2 Å².